The molecule has 0 spiro atoms. The van der Waals surface area contributed by atoms with Gasteiger partial charge in [0.2, 0.25) is 5.91 Å². The van der Waals surface area contributed by atoms with Crippen LogP contribution in [0, 0.1) is 11.8 Å². The zero-order valence-corrected chi connectivity index (χ0v) is 15.0. The lowest BCUT2D eigenvalue weighted by Gasteiger charge is -2.18. The van der Waals surface area contributed by atoms with E-state index in [1.807, 2.05) is 18.2 Å². The van der Waals surface area contributed by atoms with Crippen LogP contribution in [0.3, 0.4) is 0 Å². The number of carbonyl (C=O) groups is 1. The number of hydrogen-bond acceptors (Lipinski definition) is 5. The van der Waals surface area contributed by atoms with Crippen LogP contribution in [0.4, 0.5) is 5.69 Å². The van der Waals surface area contributed by atoms with Crippen LogP contribution in [0.15, 0.2) is 42.7 Å². The van der Waals surface area contributed by atoms with Gasteiger partial charge in [0.15, 0.2) is 11.5 Å². The molecular formula is C20H25N3O3. The molecule has 1 aliphatic rings. The number of aromatic nitrogens is 1. The second kappa shape index (κ2) is 8.67. The first kappa shape index (κ1) is 18.2. The van der Waals surface area contributed by atoms with Crippen molar-refractivity contribution in [1.82, 2.24) is 4.98 Å². The maximum absolute atomic E-state index is 12.6. The summed E-state index contributed by atoms with van der Waals surface area (Å²) in [6.07, 6.45) is 6.45. The number of anilines is 1. The number of amides is 1. The van der Waals surface area contributed by atoms with Gasteiger partial charge in [0.25, 0.3) is 0 Å². The summed E-state index contributed by atoms with van der Waals surface area (Å²) in [4.78, 5) is 16.7. The van der Waals surface area contributed by atoms with Gasteiger partial charge >= 0.3 is 0 Å². The number of pyridine rings is 1. The topological polar surface area (TPSA) is 86.5 Å². The minimum atomic E-state index is -0.0122. The molecule has 0 unspecified atom stereocenters. The monoisotopic (exact) mass is 355 g/mol. The zero-order chi connectivity index (χ0) is 18.4. The van der Waals surface area contributed by atoms with E-state index in [0.717, 1.165) is 24.8 Å². The van der Waals surface area contributed by atoms with Crippen molar-refractivity contribution in [3.8, 4) is 11.5 Å². The maximum Gasteiger partial charge on any atom is 0.227 e. The van der Waals surface area contributed by atoms with Gasteiger partial charge in [0, 0.05) is 35.6 Å². The van der Waals surface area contributed by atoms with Crippen LogP contribution in [0.2, 0.25) is 0 Å². The molecule has 0 bridgehead atoms. The summed E-state index contributed by atoms with van der Waals surface area (Å²) in [5, 5.41) is 3.00. The molecule has 26 heavy (non-hydrogen) atoms. The fourth-order valence-electron chi connectivity index (χ4n) is 3.41. The summed E-state index contributed by atoms with van der Waals surface area (Å²) in [5.41, 5.74) is 7.44. The van der Waals surface area contributed by atoms with E-state index in [1.54, 1.807) is 31.6 Å². The largest absolute Gasteiger partial charge is 0.493 e. The highest BCUT2D eigenvalue weighted by Crippen LogP contribution is 2.34. The number of nitrogens with one attached hydrogen (secondary N) is 1. The molecule has 1 aliphatic carbocycles. The number of benzene rings is 1. The third kappa shape index (κ3) is 4.32. The number of carbonyl (C=O) groups excluding carboxylic acids is 1. The molecule has 0 aliphatic heterocycles. The summed E-state index contributed by atoms with van der Waals surface area (Å²) < 4.78 is 11.2. The van der Waals surface area contributed by atoms with Crippen LogP contribution in [0.1, 0.15) is 24.8 Å². The molecule has 1 aromatic carbocycles. The average Bonchev–Trinajstić information content (AvgIpc) is 3.16. The minimum Gasteiger partial charge on any atom is -0.493 e. The van der Waals surface area contributed by atoms with Gasteiger partial charge in [-0.1, -0.05) is 12.5 Å². The quantitative estimate of drug-likeness (QED) is 0.797. The van der Waals surface area contributed by atoms with Gasteiger partial charge in [-0.15, -0.1) is 0 Å². The summed E-state index contributed by atoms with van der Waals surface area (Å²) in [7, 11) is 1.59. The molecule has 1 amide bonds. The van der Waals surface area contributed by atoms with Crippen LogP contribution in [0.25, 0.3) is 0 Å². The van der Waals surface area contributed by atoms with Crippen LogP contribution in [0.5, 0.6) is 11.5 Å². The van der Waals surface area contributed by atoms with Crippen molar-refractivity contribution in [2.45, 2.75) is 25.9 Å². The van der Waals surface area contributed by atoms with E-state index in [9.17, 15) is 4.79 Å². The van der Waals surface area contributed by atoms with Gasteiger partial charge in [0.05, 0.1) is 7.11 Å². The van der Waals surface area contributed by atoms with E-state index in [4.69, 9.17) is 15.2 Å². The third-order valence-corrected chi connectivity index (χ3v) is 4.85. The Morgan fingerprint density at radius 2 is 2.19 bits per heavy atom. The number of ether oxygens (including phenoxy) is 2. The van der Waals surface area contributed by atoms with E-state index in [2.05, 4.69) is 10.3 Å². The summed E-state index contributed by atoms with van der Waals surface area (Å²) >= 11 is 0. The third-order valence-electron chi connectivity index (χ3n) is 4.85. The number of methoxy groups -OCH3 is 1. The Balaban J connectivity index is 1.69. The molecule has 6 nitrogen and oxygen atoms in total. The van der Waals surface area contributed by atoms with Gasteiger partial charge in [-0.25, -0.2) is 0 Å². The summed E-state index contributed by atoms with van der Waals surface area (Å²) in [6.45, 7) is 0.930. The Morgan fingerprint density at radius 3 is 2.92 bits per heavy atom. The van der Waals surface area contributed by atoms with Crippen LogP contribution < -0.4 is 20.5 Å². The van der Waals surface area contributed by atoms with E-state index >= 15 is 0 Å². The number of rotatable bonds is 7. The van der Waals surface area contributed by atoms with Crippen molar-refractivity contribution in [2.24, 2.45) is 17.6 Å². The predicted molar refractivity (Wildman–Crippen MR) is 100 cm³/mol. The van der Waals surface area contributed by atoms with Crippen molar-refractivity contribution in [1.29, 1.82) is 0 Å². The fraction of sp³-hybridized carbons (Fsp3) is 0.400. The highest BCUT2D eigenvalue weighted by atomic mass is 16.5. The number of nitrogens with zero attached hydrogens (tertiary/aromatic N) is 1. The number of hydrogen-bond donors (Lipinski definition) is 2. The summed E-state index contributed by atoms with van der Waals surface area (Å²) in [5.74, 6) is 1.49. The summed E-state index contributed by atoms with van der Waals surface area (Å²) in [6, 6.07) is 9.21. The second-order valence-corrected chi connectivity index (χ2v) is 6.54. The lowest BCUT2D eigenvalue weighted by atomic mass is 9.95. The Labute approximate surface area is 153 Å². The van der Waals surface area contributed by atoms with Crippen molar-refractivity contribution in [3.63, 3.8) is 0 Å². The molecule has 3 rings (SSSR count). The second-order valence-electron chi connectivity index (χ2n) is 6.54. The van der Waals surface area contributed by atoms with Gasteiger partial charge < -0.3 is 20.5 Å². The molecule has 0 saturated heterocycles. The number of nitrogens with two attached hydrogens (primary N) is 1. The maximum atomic E-state index is 12.6. The van der Waals surface area contributed by atoms with Crippen LogP contribution in [-0.2, 0) is 11.4 Å². The minimum absolute atomic E-state index is 0.0122. The lowest BCUT2D eigenvalue weighted by Crippen LogP contribution is -2.29. The normalized spacial score (nSPS) is 19.2. The van der Waals surface area contributed by atoms with E-state index in [-0.39, 0.29) is 17.7 Å². The van der Waals surface area contributed by atoms with Gasteiger partial charge in [0.1, 0.15) is 6.61 Å². The van der Waals surface area contributed by atoms with Gasteiger partial charge in [-0.05, 0) is 43.5 Å². The zero-order valence-electron chi connectivity index (χ0n) is 15.0. The van der Waals surface area contributed by atoms with Crippen LogP contribution in [-0.4, -0.2) is 24.5 Å². The molecule has 1 fully saturated rings. The Kier molecular flexibility index (Phi) is 6.07. The first-order valence-electron chi connectivity index (χ1n) is 8.92. The van der Waals surface area contributed by atoms with Crippen LogP contribution >= 0.6 is 0 Å². The Bertz CT molecular complexity index is 736. The van der Waals surface area contributed by atoms with E-state index < -0.39 is 0 Å². The standard InChI is InChI=1S/C20H25N3O3/c1-25-18-8-7-16(23-20(24)17-6-2-5-15(17)11-21)10-19(18)26-13-14-4-3-9-22-12-14/h3-4,7-10,12,15,17H,2,5-6,11,13,21H2,1H3,(H,23,24)/t15-,17-/m1/s1. The van der Waals surface area contributed by atoms with Crippen molar-refractivity contribution in [2.75, 3.05) is 19.0 Å². The molecule has 1 aromatic heterocycles. The average molecular weight is 355 g/mol. The predicted octanol–water partition coefficient (Wildman–Crippen LogP) is 2.98. The molecule has 6 heteroatoms. The molecule has 3 N–H and O–H groups in total. The molecule has 2 atom stereocenters. The Morgan fingerprint density at radius 1 is 1.31 bits per heavy atom. The lowest BCUT2D eigenvalue weighted by molar-refractivity contribution is -0.120. The van der Waals surface area contributed by atoms with E-state index in [0.29, 0.717) is 30.3 Å². The van der Waals surface area contributed by atoms with Crippen molar-refractivity contribution < 1.29 is 14.3 Å². The first-order valence-corrected chi connectivity index (χ1v) is 8.92. The van der Waals surface area contributed by atoms with Gasteiger partial charge in [-0.3, -0.25) is 9.78 Å². The molecule has 0 radical (unpaired) electrons. The highest BCUT2D eigenvalue weighted by Gasteiger charge is 2.31. The molecule has 2 aromatic rings. The Hall–Kier alpha value is -2.60. The molecule has 1 heterocycles. The molecular weight excluding hydrogens is 330 g/mol. The van der Waals surface area contributed by atoms with Gasteiger partial charge in [-0.2, -0.15) is 0 Å². The highest BCUT2D eigenvalue weighted by molar-refractivity contribution is 5.93. The van der Waals surface area contributed by atoms with Crippen molar-refractivity contribution in [3.05, 3.63) is 48.3 Å². The fourth-order valence-corrected chi connectivity index (χ4v) is 3.41. The SMILES string of the molecule is COc1ccc(NC(=O)[C@@H]2CCC[C@@H]2CN)cc1OCc1cccnc1. The molecule has 1 saturated carbocycles. The first-order chi connectivity index (χ1) is 12.7. The van der Waals surface area contributed by atoms with Crippen molar-refractivity contribution >= 4 is 11.6 Å². The van der Waals surface area contributed by atoms with E-state index in [1.165, 1.54) is 0 Å². The smallest absolute Gasteiger partial charge is 0.227 e. The molecule has 138 valence electrons.